The molecule has 4 nitrogen and oxygen atoms in total. The van der Waals surface area contributed by atoms with Gasteiger partial charge >= 0.3 is 0 Å². The molecule has 0 radical (unpaired) electrons. The molecular weight excluding hydrogens is 276 g/mol. The van der Waals surface area contributed by atoms with Crippen LogP contribution in [0.1, 0.15) is 10.4 Å². The third-order valence-corrected chi connectivity index (χ3v) is 3.36. The first-order valence-electron chi connectivity index (χ1n) is 6.00. The van der Waals surface area contributed by atoms with Gasteiger partial charge in [-0.05, 0) is 24.3 Å². The third kappa shape index (κ3) is 2.70. The molecule has 1 amide bonds. The highest BCUT2D eigenvalue weighted by molar-refractivity contribution is 6.34. The van der Waals surface area contributed by atoms with Crippen LogP contribution in [0, 0.1) is 0 Å². The third-order valence-electron chi connectivity index (χ3n) is 3.03. The van der Waals surface area contributed by atoms with Crippen molar-refractivity contribution < 1.29 is 9.53 Å². The summed E-state index contributed by atoms with van der Waals surface area (Å²) in [7, 11) is 3.26. The molecule has 0 heterocycles. The Labute approximate surface area is 122 Å². The fourth-order valence-electron chi connectivity index (χ4n) is 1.84. The summed E-state index contributed by atoms with van der Waals surface area (Å²) in [5.41, 5.74) is 7.23. The molecular formula is C15H15ClN2O2. The topological polar surface area (TPSA) is 55.6 Å². The van der Waals surface area contributed by atoms with Crippen LogP contribution in [0.15, 0.2) is 42.5 Å². The van der Waals surface area contributed by atoms with Gasteiger partial charge < -0.3 is 15.4 Å². The van der Waals surface area contributed by atoms with Gasteiger partial charge in [-0.25, -0.2) is 0 Å². The summed E-state index contributed by atoms with van der Waals surface area (Å²) in [5.74, 6) is 0.458. The zero-order valence-corrected chi connectivity index (χ0v) is 12.0. The predicted molar refractivity (Wildman–Crippen MR) is 81.6 cm³/mol. The highest BCUT2D eigenvalue weighted by atomic mass is 35.5. The van der Waals surface area contributed by atoms with Gasteiger partial charge in [0.2, 0.25) is 0 Å². The Morgan fingerprint density at radius 1 is 1.25 bits per heavy atom. The number of ether oxygens (including phenoxy) is 1. The molecule has 0 saturated heterocycles. The van der Waals surface area contributed by atoms with Crippen molar-refractivity contribution in [3.05, 3.63) is 53.1 Å². The number of nitrogen functional groups attached to an aromatic ring is 1. The summed E-state index contributed by atoms with van der Waals surface area (Å²) in [6.45, 7) is 0. The Kier molecular flexibility index (Phi) is 4.15. The van der Waals surface area contributed by atoms with E-state index in [0.717, 1.165) is 0 Å². The molecule has 0 aromatic heterocycles. The number of anilines is 2. The number of benzene rings is 2. The van der Waals surface area contributed by atoms with E-state index >= 15 is 0 Å². The van der Waals surface area contributed by atoms with E-state index in [1.165, 1.54) is 4.90 Å². The van der Waals surface area contributed by atoms with Crippen LogP contribution < -0.4 is 15.4 Å². The smallest absolute Gasteiger partial charge is 0.260 e. The van der Waals surface area contributed by atoms with Crippen LogP contribution in [-0.4, -0.2) is 20.1 Å². The lowest BCUT2D eigenvalue weighted by Gasteiger charge is -2.19. The molecule has 0 aliphatic carbocycles. The van der Waals surface area contributed by atoms with Crippen LogP contribution in [0.3, 0.4) is 0 Å². The van der Waals surface area contributed by atoms with Crippen molar-refractivity contribution in [3.8, 4) is 5.75 Å². The zero-order chi connectivity index (χ0) is 14.7. The molecule has 0 atom stereocenters. The maximum Gasteiger partial charge on any atom is 0.260 e. The normalized spacial score (nSPS) is 10.2. The van der Waals surface area contributed by atoms with Gasteiger partial charge in [0, 0.05) is 18.8 Å². The van der Waals surface area contributed by atoms with Crippen molar-refractivity contribution in [2.24, 2.45) is 0 Å². The average Bonchev–Trinajstić information content (AvgIpc) is 2.48. The summed E-state index contributed by atoms with van der Waals surface area (Å²) >= 11 is 5.94. The lowest BCUT2D eigenvalue weighted by molar-refractivity contribution is 0.0994. The second-order valence-corrected chi connectivity index (χ2v) is 4.67. The minimum Gasteiger partial charge on any atom is -0.497 e. The average molecular weight is 291 g/mol. The number of amides is 1. The van der Waals surface area contributed by atoms with Crippen LogP contribution in [0.4, 0.5) is 11.4 Å². The van der Waals surface area contributed by atoms with E-state index in [2.05, 4.69) is 0 Å². The summed E-state index contributed by atoms with van der Waals surface area (Å²) < 4.78 is 5.15. The Morgan fingerprint density at radius 2 is 1.95 bits per heavy atom. The molecule has 2 rings (SSSR count). The Morgan fingerprint density at radius 3 is 2.65 bits per heavy atom. The molecule has 0 unspecified atom stereocenters. The number of halogens is 1. The summed E-state index contributed by atoms with van der Waals surface area (Å²) in [4.78, 5) is 14.0. The number of hydrogen-bond donors (Lipinski definition) is 1. The van der Waals surface area contributed by atoms with Gasteiger partial charge in [0.1, 0.15) is 5.75 Å². The van der Waals surface area contributed by atoms with Crippen molar-refractivity contribution in [2.75, 3.05) is 24.8 Å². The Bertz CT molecular complexity index is 644. The van der Waals surface area contributed by atoms with E-state index < -0.39 is 0 Å². The number of carbonyl (C=O) groups is 1. The first-order chi connectivity index (χ1) is 9.54. The van der Waals surface area contributed by atoms with Gasteiger partial charge in [-0.15, -0.1) is 0 Å². The summed E-state index contributed by atoms with van der Waals surface area (Å²) in [6.07, 6.45) is 0. The number of nitrogens with zero attached hydrogens (tertiary/aromatic N) is 1. The predicted octanol–water partition coefficient (Wildman–Crippen LogP) is 3.21. The second kappa shape index (κ2) is 5.84. The molecule has 2 aromatic carbocycles. The van der Waals surface area contributed by atoms with Gasteiger partial charge in [-0.3, -0.25) is 4.79 Å². The van der Waals surface area contributed by atoms with Crippen LogP contribution in [-0.2, 0) is 0 Å². The van der Waals surface area contributed by atoms with Crippen molar-refractivity contribution in [3.63, 3.8) is 0 Å². The summed E-state index contributed by atoms with van der Waals surface area (Å²) in [5, 5.41) is 0.370. The summed E-state index contributed by atoms with van der Waals surface area (Å²) in [6, 6.07) is 12.2. The lowest BCUT2D eigenvalue weighted by atomic mass is 10.1. The Hall–Kier alpha value is -2.20. The molecule has 0 saturated carbocycles. The molecule has 104 valence electrons. The van der Waals surface area contributed by atoms with E-state index in [0.29, 0.717) is 22.0 Å². The van der Waals surface area contributed by atoms with E-state index in [1.807, 2.05) is 18.2 Å². The quantitative estimate of drug-likeness (QED) is 0.883. The molecule has 2 aromatic rings. The van der Waals surface area contributed by atoms with Crippen LogP contribution in [0.2, 0.25) is 5.02 Å². The molecule has 2 N–H and O–H groups in total. The zero-order valence-electron chi connectivity index (χ0n) is 11.3. The highest BCUT2D eigenvalue weighted by Crippen LogP contribution is 2.26. The number of para-hydroxylation sites is 1. The number of hydrogen-bond acceptors (Lipinski definition) is 3. The van der Waals surface area contributed by atoms with Crippen LogP contribution >= 0.6 is 11.6 Å². The number of carbonyl (C=O) groups excluding carboxylic acids is 1. The maximum absolute atomic E-state index is 12.5. The lowest BCUT2D eigenvalue weighted by Crippen LogP contribution is -2.27. The van der Waals surface area contributed by atoms with Crippen molar-refractivity contribution >= 4 is 28.9 Å². The molecule has 0 fully saturated rings. The molecule has 0 aliphatic rings. The second-order valence-electron chi connectivity index (χ2n) is 4.27. The first kappa shape index (κ1) is 14.2. The largest absolute Gasteiger partial charge is 0.497 e. The molecule has 20 heavy (non-hydrogen) atoms. The van der Waals surface area contributed by atoms with Crippen molar-refractivity contribution in [1.29, 1.82) is 0 Å². The minimum atomic E-state index is -0.224. The van der Waals surface area contributed by atoms with Crippen LogP contribution in [0.25, 0.3) is 0 Å². The van der Waals surface area contributed by atoms with E-state index in [-0.39, 0.29) is 11.6 Å². The number of nitrogens with two attached hydrogens (primary N) is 1. The highest BCUT2D eigenvalue weighted by Gasteiger charge is 2.17. The molecule has 0 bridgehead atoms. The van der Waals surface area contributed by atoms with Gasteiger partial charge in [0.15, 0.2) is 0 Å². The molecule has 0 spiro atoms. The van der Waals surface area contributed by atoms with Gasteiger partial charge in [-0.1, -0.05) is 23.7 Å². The maximum atomic E-state index is 12.5. The van der Waals surface area contributed by atoms with E-state index in [1.54, 1.807) is 38.4 Å². The fraction of sp³-hybridized carbons (Fsp3) is 0.133. The van der Waals surface area contributed by atoms with Crippen molar-refractivity contribution in [1.82, 2.24) is 0 Å². The standard InChI is InChI=1S/C15H15ClN2O2/c1-18(10-5-3-6-11(9-10)20-2)15(19)12-7-4-8-13(16)14(12)17/h3-9H,17H2,1-2H3. The van der Waals surface area contributed by atoms with Crippen molar-refractivity contribution in [2.45, 2.75) is 0 Å². The van der Waals surface area contributed by atoms with Gasteiger partial charge in [0.25, 0.3) is 5.91 Å². The van der Waals surface area contributed by atoms with Crippen LogP contribution in [0.5, 0.6) is 5.75 Å². The van der Waals surface area contributed by atoms with Gasteiger partial charge in [-0.2, -0.15) is 0 Å². The Balaban J connectivity index is 2.35. The SMILES string of the molecule is COc1cccc(N(C)C(=O)c2cccc(Cl)c2N)c1. The molecule has 0 aliphatic heterocycles. The number of methoxy groups -OCH3 is 1. The van der Waals surface area contributed by atoms with Gasteiger partial charge in [0.05, 0.1) is 23.4 Å². The van der Waals surface area contributed by atoms with E-state index in [9.17, 15) is 4.79 Å². The monoisotopic (exact) mass is 290 g/mol. The minimum absolute atomic E-state index is 0.224. The molecule has 5 heteroatoms. The van der Waals surface area contributed by atoms with E-state index in [4.69, 9.17) is 22.1 Å². The number of rotatable bonds is 3. The first-order valence-corrected chi connectivity index (χ1v) is 6.38. The fourth-order valence-corrected chi connectivity index (χ4v) is 2.02.